The third-order valence-corrected chi connectivity index (χ3v) is 2.85. The highest BCUT2D eigenvalue weighted by Crippen LogP contribution is 2.16. The van der Waals surface area contributed by atoms with Gasteiger partial charge in [-0.15, -0.1) is 5.10 Å². The fourth-order valence-corrected chi connectivity index (χ4v) is 1.82. The molecular weight excluding hydrogens is 261 g/mol. The van der Waals surface area contributed by atoms with Crippen LogP contribution in [0.15, 0.2) is 30.5 Å². The number of aromatic nitrogens is 3. The van der Waals surface area contributed by atoms with Crippen LogP contribution in [0.2, 0.25) is 0 Å². The minimum absolute atomic E-state index is 0.182. The normalized spacial score (nSPS) is 12.2. The van der Waals surface area contributed by atoms with E-state index in [1.807, 2.05) is 0 Å². The second-order valence-corrected chi connectivity index (χ2v) is 4.37. The Labute approximate surface area is 115 Å². The molecule has 2 rings (SSSR count). The Morgan fingerprint density at radius 2 is 2.25 bits per heavy atom. The summed E-state index contributed by atoms with van der Waals surface area (Å²) in [6.07, 6.45) is 1.51. The number of halogens is 1. The van der Waals surface area contributed by atoms with Gasteiger partial charge in [-0.1, -0.05) is 23.4 Å². The van der Waals surface area contributed by atoms with Crippen LogP contribution < -0.4 is 11.1 Å². The van der Waals surface area contributed by atoms with E-state index in [0.29, 0.717) is 18.7 Å². The number of amides is 1. The van der Waals surface area contributed by atoms with Crippen molar-refractivity contribution in [2.75, 3.05) is 6.54 Å². The van der Waals surface area contributed by atoms with Crippen molar-refractivity contribution in [1.82, 2.24) is 20.3 Å². The van der Waals surface area contributed by atoms with E-state index < -0.39 is 11.9 Å². The predicted molar refractivity (Wildman–Crippen MR) is 71.4 cm³/mol. The molecule has 0 saturated heterocycles. The van der Waals surface area contributed by atoms with Gasteiger partial charge in [0.25, 0.3) is 5.91 Å². The van der Waals surface area contributed by atoms with Crippen LogP contribution in [0, 0.1) is 5.82 Å². The molecule has 1 atom stereocenters. The highest BCUT2D eigenvalue weighted by atomic mass is 19.1. The highest BCUT2D eigenvalue weighted by Gasteiger charge is 2.16. The number of carbonyl (C=O) groups is 1. The summed E-state index contributed by atoms with van der Waals surface area (Å²) >= 11 is 0. The maximum absolute atomic E-state index is 13.6. The lowest BCUT2D eigenvalue weighted by Gasteiger charge is -2.13. The van der Waals surface area contributed by atoms with Gasteiger partial charge in [0.15, 0.2) is 5.69 Å². The van der Waals surface area contributed by atoms with E-state index in [0.717, 1.165) is 0 Å². The Balaban J connectivity index is 2.05. The van der Waals surface area contributed by atoms with E-state index >= 15 is 0 Å². The molecule has 0 aliphatic carbocycles. The molecule has 1 heterocycles. The number of hydrogen-bond acceptors (Lipinski definition) is 4. The molecule has 7 heteroatoms. The Morgan fingerprint density at radius 1 is 1.50 bits per heavy atom. The minimum Gasteiger partial charge on any atom is -0.344 e. The van der Waals surface area contributed by atoms with Crippen molar-refractivity contribution in [1.29, 1.82) is 0 Å². The van der Waals surface area contributed by atoms with E-state index in [1.54, 1.807) is 25.1 Å². The van der Waals surface area contributed by atoms with Gasteiger partial charge in [-0.2, -0.15) is 0 Å². The summed E-state index contributed by atoms with van der Waals surface area (Å²) in [6, 6.07) is 5.86. The first-order chi connectivity index (χ1) is 9.61. The monoisotopic (exact) mass is 277 g/mol. The highest BCUT2D eigenvalue weighted by molar-refractivity contribution is 5.92. The molecule has 20 heavy (non-hydrogen) atoms. The zero-order valence-corrected chi connectivity index (χ0v) is 11.1. The van der Waals surface area contributed by atoms with Crippen LogP contribution in [0.4, 0.5) is 4.39 Å². The predicted octanol–water partition coefficient (Wildman–Crippen LogP) is 0.867. The maximum Gasteiger partial charge on any atom is 0.273 e. The largest absolute Gasteiger partial charge is 0.344 e. The van der Waals surface area contributed by atoms with Crippen molar-refractivity contribution >= 4 is 5.91 Å². The maximum atomic E-state index is 13.6. The molecule has 0 bridgehead atoms. The van der Waals surface area contributed by atoms with E-state index in [4.69, 9.17) is 5.73 Å². The number of rotatable bonds is 5. The van der Waals surface area contributed by atoms with E-state index in [2.05, 4.69) is 15.6 Å². The summed E-state index contributed by atoms with van der Waals surface area (Å²) in [6.45, 7) is 2.61. The molecule has 0 radical (unpaired) electrons. The zero-order valence-electron chi connectivity index (χ0n) is 11.1. The van der Waals surface area contributed by atoms with Gasteiger partial charge < -0.3 is 11.1 Å². The second kappa shape index (κ2) is 6.25. The topological polar surface area (TPSA) is 85.8 Å². The molecule has 1 amide bonds. The lowest BCUT2D eigenvalue weighted by molar-refractivity contribution is 0.0934. The molecule has 0 aliphatic rings. The Morgan fingerprint density at radius 3 is 2.95 bits per heavy atom. The van der Waals surface area contributed by atoms with Crippen LogP contribution in [0.25, 0.3) is 0 Å². The molecular formula is C13H16FN5O. The molecule has 2 aromatic rings. The molecule has 0 spiro atoms. The second-order valence-electron chi connectivity index (χ2n) is 4.37. The summed E-state index contributed by atoms with van der Waals surface area (Å²) in [7, 11) is 0. The first kappa shape index (κ1) is 14.1. The first-order valence-electron chi connectivity index (χ1n) is 6.27. The van der Waals surface area contributed by atoms with Crippen LogP contribution >= 0.6 is 0 Å². The Bertz CT molecular complexity index is 598. The average molecular weight is 277 g/mol. The SMILES string of the molecule is CC(NC(=O)c1cn(CCN)nn1)c1ccccc1F. The summed E-state index contributed by atoms with van der Waals surface area (Å²) in [4.78, 5) is 12.0. The van der Waals surface area contributed by atoms with E-state index in [1.165, 1.54) is 16.9 Å². The quantitative estimate of drug-likeness (QED) is 0.849. The molecule has 0 aliphatic heterocycles. The van der Waals surface area contributed by atoms with Gasteiger partial charge in [0.05, 0.1) is 18.8 Å². The molecule has 1 aromatic carbocycles. The van der Waals surface area contributed by atoms with Crippen molar-refractivity contribution in [2.24, 2.45) is 5.73 Å². The number of carbonyl (C=O) groups excluding carboxylic acids is 1. The standard InChI is InChI=1S/C13H16FN5O/c1-9(10-4-2-3-5-11(10)14)16-13(20)12-8-19(7-6-15)18-17-12/h2-5,8-9H,6-7,15H2,1H3,(H,16,20). The van der Waals surface area contributed by atoms with Crippen LogP contribution in [-0.4, -0.2) is 27.4 Å². The molecule has 1 aromatic heterocycles. The summed E-state index contributed by atoms with van der Waals surface area (Å²) in [5.41, 5.74) is 6.00. The smallest absolute Gasteiger partial charge is 0.273 e. The van der Waals surface area contributed by atoms with Crippen LogP contribution in [0.5, 0.6) is 0 Å². The van der Waals surface area contributed by atoms with Crippen LogP contribution in [0.1, 0.15) is 29.0 Å². The molecule has 106 valence electrons. The van der Waals surface area contributed by atoms with Gasteiger partial charge in [0, 0.05) is 12.1 Å². The lowest BCUT2D eigenvalue weighted by atomic mass is 10.1. The third kappa shape index (κ3) is 3.18. The molecule has 3 N–H and O–H groups in total. The summed E-state index contributed by atoms with van der Waals surface area (Å²) < 4.78 is 15.1. The van der Waals surface area contributed by atoms with Crippen LogP contribution in [0.3, 0.4) is 0 Å². The van der Waals surface area contributed by atoms with Gasteiger partial charge in [-0.3, -0.25) is 9.48 Å². The number of hydrogen-bond donors (Lipinski definition) is 2. The Hall–Kier alpha value is -2.28. The fourth-order valence-electron chi connectivity index (χ4n) is 1.82. The fraction of sp³-hybridized carbons (Fsp3) is 0.308. The van der Waals surface area contributed by atoms with Crippen molar-refractivity contribution in [3.05, 3.63) is 47.5 Å². The molecule has 6 nitrogen and oxygen atoms in total. The molecule has 0 saturated carbocycles. The van der Waals surface area contributed by atoms with Crippen molar-refractivity contribution in [2.45, 2.75) is 19.5 Å². The third-order valence-electron chi connectivity index (χ3n) is 2.85. The molecule has 1 unspecified atom stereocenters. The van der Waals surface area contributed by atoms with Gasteiger partial charge in [0.2, 0.25) is 0 Å². The number of nitrogens with two attached hydrogens (primary N) is 1. The van der Waals surface area contributed by atoms with Gasteiger partial charge in [0.1, 0.15) is 5.82 Å². The van der Waals surface area contributed by atoms with Crippen molar-refractivity contribution in [3.63, 3.8) is 0 Å². The Kier molecular flexibility index (Phi) is 4.41. The summed E-state index contributed by atoms with van der Waals surface area (Å²) in [5.74, 6) is -0.754. The van der Waals surface area contributed by atoms with Gasteiger partial charge in [-0.05, 0) is 13.0 Å². The number of benzene rings is 1. The lowest BCUT2D eigenvalue weighted by Crippen LogP contribution is -2.27. The zero-order chi connectivity index (χ0) is 14.5. The molecule has 0 fully saturated rings. The van der Waals surface area contributed by atoms with E-state index in [9.17, 15) is 9.18 Å². The first-order valence-corrected chi connectivity index (χ1v) is 6.27. The van der Waals surface area contributed by atoms with Crippen molar-refractivity contribution in [3.8, 4) is 0 Å². The summed E-state index contributed by atoms with van der Waals surface area (Å²) in [5, 5.41) is 10.2. The number of nitrogens with zero attached hydrogens (tertiary/aromatic N) is 3. The van der Waals surface area contributed by atoms with Gasteiger partial charge in [-0.25, -0.2) is 4.39 Å². The minimum atomic E-state index is -0.455. The average Bonchev–Trinajstić information content (AvgIpc) is 2.88. The van der Waals surface area contributed by atoms with Crippen LogP contribution in [-0.2, 0) is 6.54 Å². The number of nitrogens with one attached hydrogen (secondary N) is 1. The van der Waals surface area contributed by atoms with Gasteiger partial charge >= 0.3 is 0 Å². The van der Waals surface area contributed by atoms with E-state index in [-0.39, 0.29) is 11.5 Å². The van der Waals surface area contributed by atoms with Crippen molar-refractivity contribution < 1.29 is 9.18 Å².